The number of aromatic nitrogens is 2. The van der Waals surface area contributed by atoms with Gasteiger partial charge >= 0.3 is 7.12 Å². The summed E-state index contributed by atoms with van der Waals surface area (Å²) in [7, 11) is -5.44. The predicted octanol–water partition coefficient (Wildman–Crippen LogP) is 18.2. The third-order valence-electron chi connectivity index (χ3n) is 19.3. The third-order valence-corrected chi connectivity index (χ3v) is 22.2. The SMILES string of the molecule is CCC(=O)c1c(-c2ccc(F)cc2)oc2cc(N(C)S(C)(=O)=O)c(-c3ccc4c(c3)-c3cc5ccccc5n3CC(F)(F)CO4)cc12.CCC(=O)c1c(-c2ccc(F)cc2)oc2cc(N(C)S(C)(=O)=O)c(B3OC(C)(C)C(C)(C)O3)cc12.FC1(F)COc2ccc(Br)cc2-c2cc3ccccc3n2C1. The summed E-state index contributed by atoms with van der Waals surface area (Å²) in [5.41, 5.74) is 7.09. The molecule has 0 amide bonds. The van der Waals surface area contributed by atoms with Crippen LogP contribution in [0.25, 0.3) is 100 Å². The van der Waals surface area contributed by atoms with Crippen molar-refractivity contribution < 1.29 is 80.4 Å². The topological polar surface area (TPSA) is 182 Å². The Morgan fingerprint density at radius 3 is 1.39 bits per heavy atom. The molecule has 104 heavy (non-hydrogen) atoms. The van der Waals surface area contributed by atoms with Crippen molar-refractivity contribution in [2.24, 2.45) is 0 Å². The number of halogens is 7. The highest BCUT2D eigenvalue weighted by Gasteiger charge is 2.53. The van der Waals surface area contributed by atoms with Crippen LogP contribution in [-0.4, -0.2) is 108 Å². The Morgan fingerprint density at radius 2 is 0.933 bits per heavy atom. The van der Waals surface area contributed by atoms with Crippen LogP contribution in [0.5, 0.6) is 11.5 Å². The van der Waals surface area contributed by atoms with Crippen LogP contribution in [0.15, 0.2) is 183 Å². The number of carbonyl (C=O) groups is 2. The van der Waals surface area contributed by atoms with Crippen molar-refractivity contribution >= 4 is 115 Å². The molecular formula is C78H70BBrF6N4O12S2. The van der Waals surface area contributed by atoms with E-state index in [1.165, 1.54) is 62.6 Å². The van der Waals surface area contributed by atoms with Gasteiger partial charge in [-0.15, -0.1) is 0 Å². The van der Waals surface area contributed by atoms with Crippen molar-refractivity contribution in [1.82, 2.24) is 9.13 Å². The van der Waals surface area contributed by atoms with Crippen LogP contribution >= 0.6 is 15.9 Å². The molecule has 0 unspecified atom stereocenters. The lowest BCUT2D eigenvalue weighted by molar-refractivity contribution is -0.0549. The average molecular weight is 1520 g/mol. The molecular weight excluding hydrogens is 1450 g/mol. The van der Waals surface area contributed by atoms with Gasteiger partial charge < -0.3 is 36.8 Å². The number of carbonyl (C=O) groups excluding carboxylic acids is 2. The van der Waals surface area contributed by atoms with Crippen molar-refractivity contribution in [1.29, 1.82) is 0 Å². The van der Waals surface area contributed by atoms with Gasteiger partial charge in [-0.1, -0.05) is 72.2 Å². The van der Waals surface area contributed by atoms with E-state index in [0.717, 1.165) is 53.1 Å². The molecule has 3 aliphatic rings. The van der Waals surface area contributed by atoms with Crippen LogP contribution in [0.4, 0.5) is 37.7 Å². The number of nitrogens with zero attached hydrogens (tertiary/aromatic N) is 4. The minimum atomic E-state index is -3.77. The van der Waals surface area contributed by atoms with E-state index in [-0.39, 0.29) is 53.7 Å². The molecule has 3 aliphatic heterocycles. The quantitative estimate of drug-likeness (QED) is 0.0642. The maximum Gasteiger partial charge on any atom is 0.497 e. The summed E-state index contributed by atoms with van der Waals surface area (Å²) in [4.78, 5) is 26.5. The number of hydrogen-bond acceptors (Lipinski definition) is 12. The largest absolute Gasteiger partial charge is 0.497 e. The number of ketones is 2. The fourth-order valence-electron chi connectivity index (χ4n) is 13.1. The number of Topliss-reactive ketones (excluding diaryl/α,β-unsaturated/α-hetero) is 2. The van der Waals surface area contributed by atoms with Gasteiger partial charge in [0.15, 0.2) is 24.8 Å². The van der Waals surface area contributed by atoms with Crippen LogP contribution in [-0.2, 0) is 42.4 Å². The van der Waals surface area contributed by atoms with Crippen molar-refractivity contribution in [3.8, 4) is 67.8 Å². The molecule has 0 N–H and O–H groups in total. The number of benzene rings is 8. The van der Waals surface area contributed by atoms with Gasteiger partial charge in [0.05, 0.1) is 70.7 Å². The van der Waals surface area contributed by atoms with Gasteiger partial charge in [-0.2, -0.15) is 0 Å². The zero-order valence-corrected chi connectivity index (χ0v) is 61.4. The lowest BCUT2D eigenvalue weighted by atomic mass is 9.76. The van der Waals surface area contributed by atoms with E-state index in [2.05, 4.69) is 15.9 Å². The first-order chi connectivity index (χ1) is 49.0. The number of fused-ring (bicyclic) bond motifs is 12. The number of hydrogen-bond donors (Lipinski definition) is 0. The minimum absolute atomic E-state index is 0.160. The predicted molar refractivity (Wildman–Crippen MR) is 397 cm³/mol. The zero-order chi connectivity index (χ0) is 74.5. The van der Waals surface area contributed by atoms with Gasteiger partial charge in [-0.3, -0.25) is 18.2 Å². The molecule has 0 radical (unpaired) electrons. The summed E-state index contributed by atoms with van der Waals surface area (Å²) in [6.45, 7) is 8.68. The normalized spacial score (nSPS) is 15.7. The fraction of sp³-hybridized carbons (Fsp3) is 0.256. The summed E-state index contributed by atoms with van der Waals surface area (Å²) in [6, 6.07) is 46.9. The van der Waals surface area contributed by atoms with Gasteiger partial charge in [-0.25, -0.2) is 43.2 Å². The van der Waals surface area contributed by atoms with Crippen LogP contribution in [0.3, 0.4) is 0 Å². The van der Waals surface area contributed by atoms with Crippen molar-refractivity contribution in [2.75, 3.05) is 48.4 Å². The molecule has 0 bridgehead atoms. The second-order valence-electron chi connectivity index (χ2n) is 27.0. The molecule has 0 saturated carbocycles. The Bertz CT molecular complexity index is 5640. The molecule has 15 rings (SSSR count). The number of sulfonamides is 2. The minimum Gasteiger partial charge on any atom is -0.487 e. The Hall–Kier alpha value is -9.60. The van der Waals surface area contributed by atoms with Crippen molar-refractivity contribution in [2.45, 2.75) is 90.5 Å². The van der Waals surface area contributed by atoms with E-state index in [0.29, 0.717) is 89.2 Å². The van der Waals surface area contributed by atoms with Crippen LogP contribution in [0.2, 0.25) is 0 Å². The van der Waals surface area contributed by atoms with Gasteiger partial charge in [0.1, 0.15) is 45.8 Å². The third kappa shape index (κ3) is 13.9. The van der Waals surface area contributed by atoms with Crippen LogP contribution < -0.4 is 23.5 Å². The molecule has 0 spiro atoms. The van der Waals surface area contributed by atoms with E-state index in [4.69, 9.17) is 27.6 Å². The Morgan fingerprint density at radius 1 is 0.519 bits per heavy atom. The van der Waals surface area contributed by atoms with E-state index in [1.54, 1.807) is 89.7 Å². The van der Waals surface area contributed by atoms with E-state index >= 15 is 0 Å². The standard InChI is InChI=1S/C36H29F3N2O5S.C25H29BFNO6S.C17H12BrF2NO/c1-4-31(42)34-27-17-25(29(40(2)47(3,43)44)18-33(27)46-35(34)21-9-12-24(37)13-10-21)22-11-14-32-26(15-22)30-16-23-7-5-6-8-28(23)41(30)19-36(38,39)20-45-32;1-8-20(29)22-17-13-18(26-33-24(2,3)25(4,5)34-26)19(28(6)35(7,30)31)14-21(17)32-23(22)15-9-11-16(27)12-10-15;18-12-5-6-16-13(8-12)15-7-11-3-1-2-4-14(11)21(15)9-17(19,20)10-22-16/h5-18H,4,19-20H2,1-3H3;9-14H,8H2,1-7H3;1-8H,9-10H2. The second kappa shape index (κ2) is 27.1. The van der Waals surface area contributed by atoms with Crippen LogP contribution in [0, 0.1) is 11.6 Å². The van der Waals surface area contributed by atoms with Gasteiger partial charge in [-0.05, 0) is 149 Å². The highest BCUT2D eigenvalue weighted by molar-refractivity contribution is 9.10. The lowest BCUT2D eigenvalue weighted by Crippen LogP contribution is -2.41. The van der Waals surface area contributed by atoms with E-state index < -0.39 is 81.6 Å². The molecule has 26 heteroatoms. The number of anilines is 2. The highest BCUT2D eigenvalue weighted by atomic mass is 79.9. The van der Waals surface area contributed by atoms with Gasteiger partial charge in [0, 0.05) is 109 Å². The molecule has 0 atom stereocenters. The Balaban J connectivity index is 0.000000148. The molecule has 12 aromatic rings. The van der Waals surface area contributed by atoms with E-state index in [9.17, 15) is 52.8 Å². The first kappa shape index (κ1) is 72.7. The Labute approximate surface area is 605 Å². The van der Waals surface area contributed by atoms with Crippen molar-refractivity contribution in [3.05, 3.63) is 197 Å². The molecule has 538 valence electrons. The molecule has 7 heterocycles. The smallest absolute Gasteiger partial charge is 0.487 e. The molecule has 8 aromatic carbocycles. The Kier molecular flexibility index (Phi) is 19.0. The number of furan rings is 2. The van der Waals surface area contributed by atoms with Gasteiger partial charge in [0.25, 0.3) is 11.8 Å². The molecule has 1 fully saturated rings. The molecule has 1 saturated heterocycles. The van der Waals surface area contributed by atoms with Crippen LogP contribution in [0.1, 0.15) is 75.1 Å². The summed E-state index contributed by atoms with van der Waals surface area (Å²) in [6.07, 6.45) is 2.56. The number of rotatable bonds is 12. The number of alkyl halides is 4. The highest BCUT2D eigenvalue weighted by Crippen LogP contribution is 2.48. The average Bonchev–Trinajstić information content (AvgIpc) is 1.37. The molecule has 4 aromatic heterocycles. The lowest BCUT2D eigenvalue weighted by Gasteiger charge is -2.32. The zero-order valence-electron chi connectivity index (χ0n) is 58.1. The summed E-state index contributed by atoms with van der Waals surface area (Å²) >= 11 is 3.44. The summed E-state index contributed by atoms with van der Waals surface area (Å²) in [5, 5.41) is 2.69. The first-order valence-corrected chi connectivity index (χ1v) is 37.7. The first-order valence-electron chi connectivity index (χ1n) is 33.2. The fourth-order valence-corrected chi connectivity index (χ4v) is 14.4. The summed E-state index contributed by atoms with van der Waals surface area (Å²) < 4.78 is 179. The number of ether oxygens (including phenoxy) is 2. The molecule has 16 nitrogen and oxygen atoms in total. The van der Waals surface area contributed by atoms with E-state index in [1.807, 2.05) is 82.3 Å². The second-order valence-corrected chi connectivity index (χ2v) is 31.9. The van der Waals surface area contributed by atoms with Gasteiger partial charge in [0.2, 0.25) is 20.0 Å². The maximum atomic E-state index is 15.0. The molecule has 0 aliphatic carbocycles. The monoisotopic (exact) mass is 1520 g/mol. The van der Waals surface area contributed by atoms with Crippen molar-refractivity contribution in [3.63, 3.8) is 0 Å². The maximum absolute atomic E-state index is 15.0. The number of para-hydroxylation sites is 2. The summed E-state index contributed by atoms with van der Waals surface area (Å²) in [5.74, 6) is -6.00.